The molecule has 128 valence electrons. The van der Waals surface area contributed by atoms with Crippen LogP contribution in [-0.2, 0) is 6.54 Å². The molecule has 0 spiro atoms. The quantitative estimate of drug-likeness (QED) is 0.404. The molecule has 0 atom stereocenters. The Morgan fingerprint density at radius 3 is 2.69 bits per heavy atom. The largest absolute Gasteiger partial charge is 0.294 e. The van der Waals surface area contributed by atoms with Crippen molar-refractivity contribution in [3.05, 3.63) is 92.3 Å². The maximum absolute atomic E-state index is 13.0. The van der Waals surface area contributed by atoms with Crippen LogP contribution in [0.25, 0.3) is 21.3 Å². The van der Waals surface area contributed by atoms with Crippen LogP contribution in [0.1, 0.15) is 5.56 Å². The summed E-state index contributed by atoms with van der Waals surface area (Å²) >= 11 is 1.36. The average molecular weight is 363 g/mol. The number of hydrogen-bond donors (Lipinski definition) is 0. The maximum atomic E-state index is 13.0. The normalized spacial score (nSPS) is 10.9. The second-order valence-corrected chi connectivity index (χ2v) is 6.66. The highest BCUT2D eigenvalue weighted by Crippen LogP contribution is 2.32. The van der Waals surface area contributed by atoms with Crippen LogP contribution in [0.15, 0.2) is 71.1 Å². The van der Waals surface area contributed by atoms with Gasteiger partial charge in [0.1, 0.15) is 4.83 Å². The van der Waals surface area contributed by atoms with Crippen molar-refractivity contribution < 1.29 is 4.92 Å². The molecule has 0 aliphatic carbocycles. The average Bonchev–Trinajstić information content (AvgIpc) is 3.10. The summed E-state index contributed by atoms with van der Waals surface area (Å²) in [6.45, 7) is 0.423. The zero-order valence-corrected chi connectivity index (χ0v) is 14.3. The van der Waals surface area contributed by atoms with E-state index < -0.39 is 4.92 Å². The summed E-state index contributed by atoms with van der Waals surface area (Å²) in [5.74, 6) is 0. The van der Waals surface area contributed by atoms with E-state index in [-0.39, 0.29) is 11.2 Å². The molecule has 0 N–H and O–H groups in total. The standard InChI is InChI=1S/C19H13N3O3S/c23-19-17-16(14-7-4-8-15(9-14)22(24)25)11-26-18(17)20-12-21(19)10-13-5-2-1-3-6-13/h1-9,11-12H,10H2. The van der Waals surface area contributed by atoms with Gasteiger partial charge in [0.2, 0.25) is 0 Å². The zero-order chi connectivity index (χ0) is 18.1. The summed E-state index contributed by atoms with van der Waals surface area (Å²) in [5, 5.41) is 13.4. The highest BCUT2D eigenvalue weighted by Gasteiger charge is 2.15. The van der Waals surface area contributed by atoms with Gasteiger partial charge in [-0.05, 0) is 11.1 Å². The van der Waals surface area contributed by atoms with Crippen molar-refractivity contribution in [3.63, 3.8) is 0 Å². The summed E-state index contributed by atoms with van der Waals surface area (Å²) in [6.07, 6.45) is 1.55. The summed E-state index contributed by atoms with van der Waals surface area (Å²) < 4.78 is 1.56. The van der Waals surface area contributed by atoms with Gasteiger partial charge in [-0.3, -0.25) is 19.5 Å². The molecule has 7 heteroatoms. The molecule has 26 heavy (non-hydrogen) atoms. The van der Waals surface area contributed by atoms with Gasteiger partial charge < -0.3 is 0 Å². The Labute approximate surface area is 152 Å². The topological polar surface area (TPSA) is 78.0 Å². The van der Waals surface area contributed by atoms with E-state index in [2.05, 4.69) is 4.98 Å². The first kappa shape index (κ1) is 16.2. The van der Waals surface area contributed by atoms with E-state index >= 15 is 0 Å². The summed E-state index contributed by atoms with van der Waals surface area (Å²) in [5.41, 5.74) is 2.16. The fourth-order valence-corrected chi connectivity index (χ4v) is 3.77. The van der Waals surface area contributed by atoms with Gasteiger partial charge in [-0.15, -0.1) is 11.3 Å². The number of benzene rings is 2. The first-order chi connectivity index (χ1) is 12.6. The predicted molar refractivity (Wildman–Crippen MR) is 102 cm³/mol. The number of rotatable bonds is 4. The Balaban J connectivity index is 1.85. The van der Waals surface area contributed by atoms with Crippen LogP contribution >= 0.6 is 11.3 Å². The number of non-ortho nitro benzene ring substituents is 1. The molecule has 6 nitrogen and oxygen atoms in total. The number of nitro benzene ring substituents is 1. The third-order valence-corrected chi connectivity index (χ3v) is 5.01. The lowest BCUT2D eigenvalue weighted by Crippen LogP contribution is -2.20. The van der Waals surface area contributed by atoms with Gasteiger partial charge in [-0.2, -0.15) is 0 Å². The SMILES string of the molecule is O=c1c2c(-c3cccc([N+](=O)[O-])c3)csc2ncn1Cc1ccccc1. The molecule has 2 heterocycles. The summed E-state index contributed by atoms with van der Waals surface area (Å²) in [4.78, 5) is 28.6. The molecule has 0 saturated heterocycles. The molecule has 0 radical (unpaired) electrons. The van der Waals surface area contributed by atoms with E-state index in [0.717, 1.165) is 5.56 Å². The van der Waals surface area contributed by atoms with E-state index in [4.69, 9.17) is 0 Å². The van der Waals surface area contributed by atoms with Crippen LogP contribution in [0.2, 0.25) is 0 Å². The first-order valence-corrected chi connectivity index (χ1v) is 8.77. The van der Waals surface area contributed by atoms with Crippen LogP contribution in [0.3, 0.4) is 0 Å². The minimum atomic E-state index is -0.440. The van der Waals surface area contributed by atoms with Gasteiger partial charge >= 0.3 is 0 Å². The van der Waals surface area contributed by atoms with Crippen LogP contribution in [0, 0.1) is 10.1 Å². The third-order valence-electron chi connectivity index (χ3n) is 4.12. The number of nitro groups is 1. The fourth-order valence-electron chi connectivity index (χ4n) is 2.86. The van der Waals surface area contributed by atoms with E-state index in [1.807, 2.05) is 35.7 Å². The molecule has 4 rings (SSSR count). The van der Waals surface area contributed by atoms with Crippen molar-refractivity contribution in [2.75, 3.05) is 0 Å². The molecule has 0 amide bonds. The molecule has 0 fully saturated rings. The highest BCUT2D eigenvalue weighted by molar-refractivity contribution is 7.17. The van der Waals surface area contributed by atoms with E-state index in [1.165, 1.54) is 23.5 Å². The second-order valence-electron chi connectivity index (χ2n) is 5.80. The maximum Gasteiger partial charge on any atom is 0.270 e. The van der Waals surface area contributed by atoms with E-state index in [0.29, 0.717) is 27.9 Å². The van der Waals surface area contributed by atoms with Gasteiger partial charge in [-0.25, -0.2) is 4.98 Å². The lowest BCUT2D eigenvalue weighted by Gasteiger charge is -2.06. The van der Waals surface area contributed by atoms with Crippen LogP contribution in [0.4, 0.5) is 5.69 Å². The smallest absolute Gasteiger partial charge is 0.270 e. The number of nitrogens with zero attached hydrogens (tertiary/aromatic N) is 3. The Hall–Kier alpha value is -3.32. The Morgan fingerprint density at radius 1 is 1.12 bits per heavy atom. The minimum absolute atomic E-state index is 0.00430. The van der Waals surface area contributed by atoms with Crippen LogP contribution in [-0.4, -0.2) is 14.5 Å². The second kappa shape index (κ2) is 6.53. The molecular formula is C19H13N3O3S. The number of fused-ring (bicyclic) bond motifs is 1. The van der Waals surface area contributed by atoms with E-state index in [1.54, 1.807) is 23.0 Å². The van der Waals surface area contributed by atoms with E-state index in [9.17, 15) is 14.9 Å². The van der Waals surface area contributed by atoms with Crippen molar-refractivity contribution in [2.45, 2.75) is 6.54 Å². The highest BCUT2D eigenvalue weighted by atomic mass is 32.1. The van der Waals surface area contributed by atoms with Crippen molar-refractivity contribution >= 4 is 27.2 Å². The van der Waals surface area contributed by atoms with Crippen LogP contribution < -0.4 is 5.56 Å². The molecule has 4 aromatic rings. The van der Waals surface area contributed by atoms with Gasteiger partial charge in [0.25, 0.3) is 11.2 Å². The fraction of sp³-hybridized carbons (Fsp3) is 0.0526. The van der Waals surface area contributed by atoms with Crippen molar-refractivity contribution in [2.24, 2.45) is 0 Å². The summed E-state index contributed by atoms with van der Waals surface area (Å²) in [7, 11) is 0. The molecule has 0 bridgehead atoms. The minimum Gasteiger partial charge on any atom is -0.294 e. The van der Waals surface area contributed by atoms with Crippen LogP contribution in [0.5, 0.6) is 0 Å². The number of aromatic nitrogens is 2. The van der Waals surface area contributed by atoms with Crippen molar-refractivity contribution in [1.82, 2.24) is 9.55 Å². The van der Waals surface area contributed by atoms with Gasteiger partial charge in [-0.1, -0.05) is 42.5 Å². The van der Waals surface area contributed by atoms with Crippen molar-refractivity contribution in [1.29, 1.82) is 0 Å². The van der Waals surface area contributed by atoms with Crippen molar-refractivity contribution in [3.8, 4) is 11.1 Å². The Kier molecular flexibility index (Phi) is 4.06. The molecule has 0 saturated carbocycles. The monoisotopic (exact) mass is 363 g/mol. The molecule has 0 unspecified atom stereocenters. The first-order valence-electron chi connectivity index (χ1n) is 7.89. The summed E-state index contributed by atoms with van der Waals surface area (Å²) in [6, 6.07) is 16.0. The van der Waals surface area contributed by atoms with Gasteiger partial charge in [0.15, 0.2) is 0 Å². The number of hydrogen-bond acceptors (Lipinski definition) is 5. The molecule has 2 aromatic heterocycles. The molecule has 2 aromatic carbocycles. The lowest BCUT2D eigenvalue weighted by molar-refractivity contribution is -0.384. The van der Waals surface area contributed by atoms with Gasteiger partial charge in [0, 0.05) is 23.1 Å². The third kappa shape index (κ3) is 2.89. The lowest BCUT2D eigenvalue weighted by atomic mass is 10.1. The zero-order valence-electron chi connectivity index (χ0n) is 13.5. The number of thiophene rings is 1. The Morgan fingerprint density at radius 2 is 1.92 bits per heavy atom. The Bertz CT molecular complexity index is 1170. The molecular weight excluding hydrogens is 350 g/mol. The molecule has 0 aliphatic heterocycles. The van der Waals surface area contributed by atoms with Gasteiger partial charge in [0.05, 0.1) is 23.2 Å². The molecule has 0 aliphatic rings. The predicted octanol–water partition coefficient (Wildman–Crippen LogP) is 4.08.